The Morgan fingerprint density at radius 3 is 2.77 bits per heavy atom. The molecule has 2 aromatic rings. The average Bonchev–Trinajstić information content (AvgIpc) is 2.66. The topological polar surface area (TPSA) is 3.24 Å². The fourth-order valence-electron chi connectivity index (χ4n) is 3.71. The van der Waals surface area contributed by atoms with Crippen LogP contribution in [-0.4, -0.2) is 18.1 Å². The Morgan fingerprint density at radius 2 is 1.91 bits per heavy atom. The maximum Gasteiger partial charge on any atom is 0.164 e. The van der Waals surface area contributed by atoms with Crippen LogP contribution in [0.5, 0.6) is 0 Å². The van der Waals surface area contributed by atoms with Crippen LogP contribution in [0.25, 0.3) is 0 Å². The van der Waals surface area contributed by atoms with Crippen molar-refractivity contribution in [1.82, 2.24) is 0 Å². The molecule has 0 N–H and O–H groups in total. The standard InChI is InChI=1S/C18H17F2NS/c1-11-12-4-2-3-5-15(12)21-8-9-22-10-16(21)17-13(11)6-7-14(19)18(17)20/h2-7,11,16H,8-10H2,1H3. The Kier molecular flexibility index (Phi) is 3.37. The molecule has 2 heterocycles. The summed E-state index contributed by atoms with van der Waals surface area (Å²) in [5.41, 5.74) is 3.83. The SMILES string of the molecule is CC1c2ccccc2N2CCSCC2c2c1ccc(F)c2F. The molecule has 2 aliphatic heterocycles. The summed E-state index contributed by atoms with van der Waals surface area (Å²) in [5, 5.41) is 0. The van der Waals surface area contributed by atoms with E-state index in [1.807, 2.05) is 23.9 Å². The van der Waals surface area contributed by atoms with Gasteiger partial charge in [0.15, 0.2) is 11.6 Å². The molecule has 22 heavy (non-hydrogen) atoms. The third kappa shape index (κ3) is 1.97. The van der Waals surface area contributed by atoms with Gasteiger partial charge in [0.2, 0.25) is 0 Å². The van der Waals surface area contributed by atoms with Crippen LogP contribution in [0.2, 0.25) is 0 Å². The molecule has 0 radical (unpaired) electrons. The van der Waals surface area contributed by atoms with Crippen molar-refractivity contribution in [2.75, 3.05) is 23.0 Å². The van der Waals surface area contributed by atoms with Gasteiger partial charge in [0.25, 0.3) is 0 Å². The fraction of sp³-hybridized carbons (Fsp3) is 0.333. The Hall–Kier alpha value is -1.55. The molecule has 0 amide bonds. The monoisotopic (exact) mass is 317 g/mol. The highest BCUT2D eigenvalue weighted by atomic mass is 32.2. The number of hydrogen-bond donors (Lipinski definition) is 0. The van der Waals surface area contributed by atoms with Gasteiger partial charge in [0, 0.05) is 35.2 Å². The van der Waals surface area contributed by atoms with Crippen LogP contribution in [-0.2, 0) is 0 Å². The highest BCUT2D eigenvalue weighted by molar-refractivity contribution is 7.99. The molecule has 0 saturated carbocycles. The summed E-state index contributed by atoms with van der Waals surface area (Å²) in [5.74, 6) is 0.471. The summed E-state index contributed by atoms with van der Waals surface area (Å²) in [6.07, 6.45) is 0. The molecule has 0 aromatic heterocycles. The Bertz CT molecular complexity index is 731. The van der Waals surface area contributed by atoms with Gasteiger partial charge in [0.05, 0.1) is 6.04 Å². The van der Waals surface area contributed by atoms with Crippen molar-refractivity contribution in [3.05, 3.63) is 64.7 Å². The highest BCUT2D eigenvalue weighted by Gasteiger charge is 2.36. The predicted molar refractivity (Wildman–Crippen MR) is 87.7 cm³/mol. The van der Waals surface area contributed by atoms with E-state index in [1.54, 1.807) is 6.07 Å². The Morgan fingerprint density at radius 1 is 1.09 bits per heavy atom. The Balaban J connectivity index is 2.02. The maximum atomic E-state index is 14.6. The second-order valence-electron chi connectivity index (χ2n) is 5.93. The third-order valence-corrected chi connectivity index (χ3v) is 5.83. The minimum Gasteiger partial charge on any atom is -0.362 e. The zero-order valence-corrected chi connectivity index (χ0v) is 13.2. The normalized spacial score (nSPS) is 23.3. The number of nitrogens with zero attached hydrogens (tertiary/aromatic N) is 1. The van der Waals surface area contributed by atoms with Crippen molar-refractivity contribution in [1.29, 1.82) is 0 Å². The van der Waals surface area contributed by atoms with E-state index >= 15 is 0 Å². The molecule has 4 heteroatoms. The summed E-state index contributed by atoms with van der Waals surface area (Å²) < 4.78 is 28.5. The number of rotatable bonds is 0. The van der Waals surface area contributed by atoms with Crippen LogP contribution < -0.4 is 4.90 Å². The predicted octanol–water partition coefficient (Wildman–Crippen LogP) is 4.72. The van der Waals surface area contributed by atoms with Crippen LogP contribution in [0, 0.1) is 11.6 Å². The average molecular weight is 317 g/mol. The molecular weight excluding hydrogens is 300 g/mol. The van der Waals surface area contributed by atoms with Gasteiger partial charge in [-0.2, -0.15) is 11.8 Å². The maximum absolute atomic E-state index is 14.6. The molecule has 2 atom stereocenters. The van der Waals surface area contributed by atoms with Gasteiger partial charge in [-0.3, -0.25) is 0 Å². The number of para-hydroxylation sites is 1. The number of benzene rings is 2. The first-order valence-corrected chi connectivity index (χ1v) is 8.75. The first-order chi connectivity index (χ1) is 10.7. The van der Waals surface area contributed by atoms with Crippen LogP contribution >= 0.6 is 11.8 Å². The molecule has 2 aromatic carbocycles. The first-order valence-electron chi connectivity index (χ1n) is 7.59. The number of fused-ring (bicyclic) bond motifs is 5. The molecule has 0 bridgehead atoms. The van der Waals surface area contributed by atoms with Gasteiger partial charge in [-0.15, -0.1) is 0 Å². The van der Waals surface area contributed by atoms with E-state index in [0.29, 0.717) is 5.56 Å². The van der Waals surface area contributed by atoms with E-state index in [9.17, 15) is 8.78 Å². The molecule has 4 rings (SSSR count). The number of hydrogen-bond acceptors (Lipinski definition) is 2. The van der Waals surface area contributed by atoms with Crippen molar-refractivity contribution in [2.45, 2.75) is 18.9 Å². The number of halogens is 2. The molecular formula is C18H17F2NS. The largest absolute Gasteiger partial charge is 0.362 e. The lowest BCUT2D eigenvalue weighted by molar-refractivity contribution is 0.485. The molecule has 114 valence electrons. The van der Waals surface area contributed by atoms with E-state index in [2.05, 4.69) is 24.0 Å². The number of anilines is 1. The van der Waals surface area contributed by atoms with E-state index in [0.717, 1.165) is 29.3 Å². The molecule has 0 spiro atoms. The summed E-state index contributed by atoms with van der Waals surface area (Å²) >= 11 is 1.81. The zero-order chi connectivity index (χ0) is 15.3. The summed E-state index contributed by atoms with van der Waals surface area (Å²) in [6, 6.07) is 11.2. The van der Waals surface area contributed by atoms with Crippen molar-refractivity contribution in [3.63, 3.8) is 0 Å². The summed E-state index contributed by atoms with van der Waals surface area (Å²) in [4.78, 5) is 2.26. The lowest BCUT2D eigenvalue weighted by Crippen LogP contribution is -2.36. The lowest BCUT2D eigenvalue weighted by Gasteiger charge is -2.37. The van der Waals surface area contributed by atoms with Crippen LogP contribution in [0.4, 0.5) is 14.5 Å². The molecule has 2 unspecified atom stereocenters. The van der Waals surface area contributed by atoms with Crippen molar-refractivity contribution in [2.24, 2.45) is 0 Å². The zero-order valence-electron chi connectivity index (χ0n) is 12.4. The minimum atomic E-state index is -0.743. The number of thioether (sulfide) groups is 1. The van der Waals surface area contributed by atoms with Gasteiger partial charge in [-0.25, -0.2) is 8.78 Å². The van der Waals surface area contributed by atoms with Crippen molar-refractivity contribution in [3.8, 4) is 0 Å². The summed E-state index contributed by atoms with van der Waals surface area (Å²) in [7, 11) is 0. The molecule has 1 fully saturated rings. The van der Waals surface area contributed by atoms with Crippen LogP contribution in [0.3, 0.4) is 0 Å². The van der Waals surface area contributed by atoms with Gasteiger partial charge < -0.3 is 4.90 Å². The van der Waals surface area contributed by atoms with E-state index in [4.69, 9.17) is 0 Å². The van der Waals surface area contributed by atoms with Gasteiger partial charge in [-0.1, -0.05) is 31.2 Å². The van der Waals surface area contributed by atoms with E-state index in [-0.39, 0.29) is 12.0 Å². The molecule has 1 saturated heterocycles. The van der Waals surface area contributed by atoms with Gasteiger partial charge in [0.1, 0.15) is 0 Å². The molecule has 2 aliphatic rings. The molecule has 0 aliphatic carbocycles. The first kappa shape index (κ1) is 14.1. The van der Waals surface area contributed by atoms with Crippen LogP contribution in [0.15, 0.2) is 36.4 Å². The fourth-order valence-corrected chi connectivity index (χ4v) is 4.77. The smallest absolute Gasteiger partial charge is 0.164 e. The third-order valence-electron chi connectivity index (χ3n) is 4.81. The molecule has 1 nitrogen and oxygen atoms in total. The van der Waals surface area contributed by atoms with E-state index in [1.165, 1.54) is 11.6 Å². The van der Waals surface area contributed by atoms with Crippen molar-refractivity contribution >= 4 is 17.4 Å². The summed E-state index contributed by atoms with van der Waals surface area (Å²) in [6.45, 7) is 2.95. The van der Waals surface area contributed by atoms with Crippen molar-refractivity contribution < 1.29 is 8.78 Å². The second kappa shape index (κ2) is 5.27. The quantitative estimate of drug-likeness (QED) is 0.691. The van der Waals surface area contributed by atoms with Crippen LogP contribution in [0.1, 0.15) is 35.6 Å². The minimum absolute atomic E-state index is 0.0666. The highest BCUT2D eigenvalue weighted by Crippen LogP contribution is 2.46. The second-order valence-corrected chi connectivity index (χ2v) is 7.08. The van der Waals surface area contributed by atoms with Gasteiger partial charge >= 0.3 is 0 Å². The Labute approximate surface area is 133 Å². The van der Waals surface area contributed by atoms with E-state index < -0.39 is 11.6 Å². The van der Waals surface area contributed by atoms with Gasteiger partial charge in [-0.05, 0) is 23.3 Å². The lowest BCUT2D eigenvalue weighted by atomic mass is 9.88.